The fourth-order valence-corrected chi connectivity index (χ4v) is 1.77. The summed E-state index contributed by atoms with van der Waals surface area (Å²) >= 11 is 0. The number of aromatic nitrogens is 2. The molecule has 0 spiro atoms. The van der Waals surface area contributed by atoms with Crippen LogP contribution in [0.2, 0.25) is 0 Å². The molecule has 0 fully saturated rings. The topological polar surface area (TPSA) is 44.1 Å². The third kappa shape index (κ3) is 5.84. The van der Waals surface area contributed by atoms with E-state index >= 15 is 0 Å². The van der Waals surface area contributed by atoms with Crippen molar-refractivity contribution >= 4 is 5.97 Å². The van der Waals surface area contributed by atoms with Crippen molar-refractivity contribution in [3.05, 3.63) is 18.2 Å². The second kappa shape index (κ2) is 8.72. The SMILES string of the molecule is CCCOC(=O)CCCCCCn1c[c]nc1C. The van der Waals surface area contributed by atoms with Gasteiger partial charge >= 0.3 is 5.97 Å². The predicted molar refractivity (Wildman–Crippen MR) is 70.1 cm³/mol. The van der Waals surface area contributed by atoms with E-state index in [-0.39, 0.29) is 5.97 Å². The van der Waals surface area contributed by atoms with Crippen molar-refractivity contribution < 1.29 is 9.53 Å². The van der Waals surface area contributed by atoms with E-state index in [0.29, 0.717) is 13.0 Å². The van der Waals surface area contributed by atoms with E-state index < -0.39 is 0 Å². The van der Waals surface area contributed by atoms with Gasteiger partial charge in [0.25, 0.3) is 0 Å². The fraction of sp³-hybridized carbons (Fsp3) is 0.714. The minimum atomic E-state index is -0.0584. The summed E-state index contributed by atoms with van der Waals surface area (Å²) in [7, 11) is 0. The van der Waals surface area contributed by atoms with Crippen molar-refractivity contribution in [3.63, 3.8) is 0 Å². The first kappa shape index (κ1) is 14.7. The molecule has 0 atom stereocenters. The summed E-state index contributed by atoms with van der Waals surface area (Å²) in [5.74, 6) is 0.954. The Morgan fingerprint density at radius 3 is 2.83 bits per heavy atom. The Balaban J connectivity index is 1.96. The van der Waals surface area contributed by atoms with Crippen LogP contribution in [-0.4, -0.2) is 22.1 Å². The number of aryl methyl sites for hydroxylation is 2. The summed E-state index contributed by atoms with van der Waals surface area (Å²) in [4.78, 5) is 15.3. The third-order valence-corrected chi connectivity index (χ3v) is 2.85. The van der Waals surface area contributed by atoms with Gasteiger partial charge in [-0.1, -0.05) is 19.8 Å². The normalized spacial score (nSPS) is 10.6. The summed E-state index contributed by atoms with van der Waals surface area (Å²) in [5.41, 5.74) is 0. The van der Waals surface area contributed by atoms with E-state index in [0.717, 1.165) is 44.5 Å². The molecule has 0 aliphatic rings. The minimum Gasteiger partial charge on any atom is -0.466 e. The average molecular weight is 251 g/mol. The maximum atomic E-state index is 11.2. The van der Waals surface area contributed by atoms with Crippen LogP contribution in [0.15, 0.2) is 6.20 Å². The van der Waals surface area contributed by atoms with Crippen LogP contribution in [0.5, 0.6) is 0 Å². The highest BCUT2D eigenvalue weighted by molar-refractivity contribution is 5.69. The highest BCUT2D eigenvalue weighted by Gasteiger charge is 2.02. The zero-order chi connectivity index (χ0) is 13.2. The average Bonchev–Trinajstić information content (AvgIpc) is 2.77. The lowest BCUT2D eigenvalue weighted by atomic mass is 10.1. The van der Waals surface area contributed by atoms with Crippen molar-refractivity contribution in [1.82, 2.24) is 9.55 Å². The molecule has 0 aliphatic heterocycles. The van der Waals surface area contributed by atoms with Crippen molar-refractivity contribution in [2.75, 3.05) is 6.61 Å². The Kier molecular flexibility index (Phi) is 7.14. The molecule has 0 N–H and O–H groups in total. The van der Waals surface area contributed by atoms with Crippen molar-refractivity contribution in [1.29, 1.82) is 0 Å². The molecule has 0 unspecified atom stereocenters. The number of imidazole rings is 1. The summed E-state index contributed by atoms with van der Waals surface area (Å²) in [6, 6.07) is 0. The second-order valence-corrected chi connectivity index (χ2v) is 4.50. The van der Waals surface area contributed by atoms with Crippen LogP contribution in [0, 0.1) is 13.1 Å². The quantitative estimate of drug-likeness (QED) is 0.500. The molecule has 101 valence electrons. The van der Waals surface area contributed by atoms with E-state index in [4.69, 9.17) is 4.74 Å². The molecule has 4 nitrogen and oxygen atoms in total. The number of nitrogens with zero attached hydrogens (tertiary/aromatic N) is 2. The molecule has 1 aromatic heterocycles. The second-order valence-electron chi connectivity index (χ2n) is 4.50. The number of hydrogen-bond acceptors (Lipinski definition) is 3. The molecular weight excluding hydrogens is 228 g/mol. The van der Waals surface area contributed by atoms with E-state index in [1.807, 2.05) is 20.0 Å². The van der Waals surface area contributed by atoms with Gasteiger partial charge in [0.15, 0.2) is 0 Å². The molecule has 1 radical (unpaired) electrons. The standard InChI is InChI=1S/C14H23N2O2/c1-3-12-18-14(17)8-6-4-5-7-10-16-11-9-15-13(16)2/h11H,3-8,10,12H2,1-2H3. The smallest absolute Gasteiger partial charge is 0.305 e. The highest BCUT2D eigenvalue weighted by Crippen LogP contribution is 2.06. The van der Waals surface area contributed by atoms with Crippen LogP contribution < -0.4 is 0 Å². The van der Waals surface area contributed by atoms with Crippen LogP contribution in [0.25, 0.3) is 0 Å². The first-order valence-electron chi connectivity index (χ1n) is 6.79. The summed E-state index contributed by atoms with van der Waals surface area (Å²) in [6.07, 6.45) is 10.4. The summed E-state index contributed by atoms with van der Waals surface area (Å²) in [6.45, 7) is 5.53. The predicted octanol–water partition coefficient (Wildman–Crippen LogP) is 2.90. The molecule has 0 saturated heterocycles. The van der Waals surface area contributed by atoms with E-state index in [2.05, 4.69) is 15.7 Å². The first-order valence-corrected chi connectivity index (χ1v) is 6.79. The van der Waals surface area contributed by atoms with Crippen LogP contribution in [-0.2, 0) is 16.1 Å². The zero-order valence-electron chi connectivity index (χ0n) is 11.4. The lowest BCUT2D eigenvalue weighted by molar-refractivity contribution is -0.143. The van der Waals surface area contributed by atoms with Gasteiger partial charge in [0, 0.05) is 19.2 Å². The van der Waals surface area contributed by atoms with E-state index in [9.17, 15) is 4.79 Å². The van der Waals surface area contributed by atoms with Gasteiger partial charge in [-0.3, -0.25) is 4.79 Å². The van der Waals surface area contributed by atoms with Gasteiger partial charge in [0.1, 0.15) is 12.0 Å². The molecule has 0 amide bonds. The molecule has 0 bridgehead atoms. The van der Waals surface area contributed by atoms with Crippen LogP contribution in [0.3, 0.4) is 0 Å². The number of esters is 1. The Bertz CT molecular complexity index is 347. The molecule has 1 heterocycles. The molecule has 4 heteroatoms. The summed E-state index contributed by atoms with van der Waals surface area (Å²) < 4.78 is 7.12. The zero-order valence-corrected chi connectivity index (χ0v) is 11.4. The Morgan fingerprint density at radius 1 is 1.39 bits per heavy atom. The van der Waals surface area contributed by atoms with Gasteiger partial charge in [0.05, 0.1) is 6.61 Å². The molecule has 18 heavy (non-hydrogen) atoms. The number of ether oxygens (including phenoxy) is 1. The van der Waals surface area contributed by atoms with Gasteiger partial charge in [-0.05, 0) is 26.2 Å². The van der Waals surface area contributed by atoms with E-state index in [1.165, 1.54) is 0 Å². The number of carbonyl (C=O) groups is 1. The number of hydrogen-bond donors (Lipinski definition) is 0. The van der Waals surface area contributed by atoms with Crippen LogP contribution in [0.1, 0.15) is 51.3 Å². The van der Waals surface area contributed by atoms with Crippen molar-refractivity contribution in [2.24, 2.45) is 0 Å². The Hall–Kier alpha value is -1.32. The molecule has 0 aliphatic carbocycles. The van der Waals surface area contributed by atoms with Crippen molar-refractivity contribution in [2.45, 2.75) is 58.9 Å². The maximum absolute atomic E-state index is 11.2. The molecule has 1 rings (SSSR count). The highest BCUT2D eigenvalue weighted by atomic mass is 16.5. The molecule has 1 aromatic rings. The van der Waals surface area contributed by atoms with Gasteiger partial charge in [0.2, 0.25) is 0 Å². The Labute approximate surface area is 109 Å². The molecular formula is C14H23N2O2. The fourth-order valence-electron chi connectivity index (χ4n) is 1.77. The van der Waals surface area contributed by atoms with Gasteiger partial charge in [-0.2, -0.15) is 0 Å². The Morgan fingerprint density at radius 2 is 2.17 bits per heavy atom. The van der Waals surface area contributed by atoms with Crippen LogP contribution in [0.4, 0.5) is 0 Å². The first-order chi connectivity index (χ1) is 8.74. The largest absolute Gasteiger partial charge is 0.466 e. The number of rotatable bonds is 9. The lowest BCUT2D eigenvalue weighted by Crippen LogP contribution is -2.04. The summed E-state index contributed by atoms with van der Waals surface area (Å²) in [5, 5.41) is 0. The monoisotopic (exact) mass is 251 g/mol. The molecule has 0 saturated carbocycles. The van der Waals surface area contributed by atoms with E-state index in [1.54, 1.807) is 0 Å². The number of unbranched alkanes of at least 4 members (excludes halogenated alkanes) is 3. The lowest BCUT2D eigenvalue weighted by Gasteiger charge is -2.05. The van der Waals surface area contributed by atoms with Crippen LogP contribution >= 0.6 is 0 Å². The maximum Gasteiger partial charge on any atom is 0.305 e. The number of carbonyl (C=O) groups excluding carboxylic acids is 1. The third-order valence-electron chi connectivity index (χ3n) is 2.85. The van der Waals surface area contributed by atoms with Gasteiger partial charge in [-0.15, -0.1) is 0 Å². The van der Waals surface area contributed by atoms with Crippen molar-refractivity contribution in [3.8, 4) is 0 Å². The van der Waals surface area contributed by atoms with Gasteiger partial charge < -0.3 is 9.30 Å². The minimum absolute atomic E-state index is 0.0584. The van der Waals surface area contributed by atoms with Gasteiger partial charge in [-0.25, -0.2) is 4.98 Å². The molecule has 0 aromatic carbocycles.